The number of methoxy groups -OCH3 is 4. The molecule has 2 aromatic carbocycles. The minimum atomic E-state index is -0.877. The van der Waals surface area contributed by atoms with Gasteiger partial charge in [-0.05, 0) is 65.1 Å². The van der Waals surface area contributed by atoms with Crippen molar-refractivity contribution in [1.82, 2.24) is 0 Å². The highest BCUT2D eigenvalue weighted by atomic mass is 16.5. The van der Waals surface area contributed by atoms with Crippen molar-refractivity contribution in [3.8, 4) is 23.0 Å². The zero-order valence-electron chi connectivity index (χ0n) is 17.2. The van der Waals surface area contributed by atoms with Crippen LogP contribution in [0.4, 0.5) is 0 Å². The van der Waals surface area contributed by atoms with Crippen molar-refractivity contribution in [2.75, 3.05) is 28.4 Å². The molecule has 0 spiro atoms. The van der Waals surface area contributed by atoms with Gasteiger partial charge < -0.3 is 24.1 Å². The summed E-state index contributed by atoms with van der Waals surface area (Å²) in [6, 6.07) is 9.40. The van der Waals surface area contributed by atoms with Gasteiger partial charge in [0.15, 0.2) is 11.5 Å². The lowest BCUT2D eigenvalue weighted by Gasteiger charge is -2.15. The van der Waals surface area contributed by atoms with Gasteiger partial charge in [0.25, 0.3) is 0 Å². The fraction of sp³-hybridized carbons (Fsp3) is 0.261. The lowest BCUT2D eigenvalue weighted by atomic mass is 9.99. The maximum Gasteiger partial charge on any atom is 0.307 e. The second kappa shape index (κ2) is 8.31. The van der Waals surface area contributed by atoms with E-state index < -0.39 is 5.97 Å². The third-order valence-electron chi connectivity index (χ3n) is 5.06. The standard InChI is InChI=1S/C23H24O6/c1-13-17(10-14-6-9-20(27-3)23(29-5)22(14)28-4)16-8-7-15(26-2)11-19(16)18(13)12-21(24)25/h6-11H,12H2,1-5H3,(H,24,25)/b17-10-. The predicted octanol–water partition coefficient (Wildman–Crippen LogP) is 4.52. The van der Waals surface area contributed by atoms with Crippen molar-refractivity contribution in [2.24, 2.45) is 0 Å². The van der Waals surface area contributed by atoms with Crippen LogP contribution in [-0.4, -0.2) is 39.5 Å². The average molecular weight is 396 g/mol. The molecule has 0 amide bonds. The second-order valence-electron chi connectivity index (χ2n) is 6.57. The van der Waals surface area contributed by atoms with Crippen LogP contribution in [0.3, 0.4) is 0 Å². The largest absolute Gasteiger partial charge is 0.497 e. The van der Waals surface area contributed by atoms with Gasteiger partial charge in [-0.3, -0.25) is 4.79 Å². The molecule has 0 fully saturated rings. The first-order valence-electron chi connectivity index (χ1n) is 9.06. The van der Waals surface area contributed by atoms with Crippen LogP contribution < -0.4 is 18.9 Å². The number of fused-ring (bicyclic) bond motifs is 1. The van der Waals surface area contributed by atoms with Gasteiger partial charge in [0.05, 0.1) is 34.9 Å². The van der Waals surface area contributed by atoms with Gasteiger partial charge in [0.2, 0.25) is 5.75 Å². The van der Waals surface area contributed by atoms with Gasteiger partial charge in [-0.1, -0.05) is 6.07 Å². The van der Waals surface area contributed by atoms with Crippen LogP contribution in [0.25, 0.3) is 17.2 Å². The number of rotatable bonds is 7. The van der Waals surface area contributed by atoms with Crippen molar-refractivity contribution < 1.29 is 28.8 Å². The predicted molar refractivity (Wildman–Crippen MR) is 112 cm³/mol. The van der Waals surface area contributed by atoms with E-state index in [4.69, 9.17) is 18.9 Å². The number of carboxylic acids is 1. The highest BCUT2D eigenvalue weighted by Gasteiger charge is 2.26. The molecular formula is C23H24O6. The first-order chi connectivity index (χ1) is 13.9. The topological polar surface area (TPSA) is 74.2 Å². The number of ether oxygens (including phenoxy) is 4. The average Bonchev–Trinajstić information content (AvgIpc) is 2.97. The van der Waals surface area contributed by atoms with Crippen LogP contribution in [0.2, 0.25) is 0 Å². The van der Waals surface area contributed by atoms with E-state index in [0.717, 1.165) is 33.4 Å². The monoisotopic (exact) mass is 396 g/mol. The summed E-state index contributed by atoms with van der Waals surface area (Å²) in [5.74, 6) is 1.43. The summed E-state index contributed by atoms with van der Waals surface area (Å²) in [6.07, 6.45) is 1.92. The Kier molecular flexibility index (Phi) is 5.82. The molecule has 0 bridgehead atoms. The molecule has 0 aliphatic heterocycles. The Balaban J connectivity index is 2.22. The van der Waals surface area contributed by atoms with E-state index in [1.807, 2.05) is 43.3 Å². The highest BCUT2D eigenvalue weighted by molar-refractivity contribution is 6.08. The van der Waals surface area contributed by atoms with Crippen molar-refractivity contribution in [3.05, 3.63) is 52.6 Å². The Morgan fingerprint density at radius 1 is 0.931 bits per heavy atom. The minimum absolute atomic E-state index is 0.0631. The van der Waals surface area contributed by atoms with E-state index in [2.05, 4.69) is 0 Å². The lowest BCUT2D eigenvalue weighted by molar-refractivity contribution is -0.135. The normalized spacial score (nSPS) is 14.0. The molecule has 1 aliphatic carbocycles. The number of aliphatic carboxylic acids is 1. The van der Waals surface area contributed by atoms with Gasteiger partial charge in [-0.25, -0.2) is 0 Å². The molecule has 1 aliphatic rings. The molecule has 0 unspecified atom stereocenters. The smallest absolute Gasteiger partial charge is 0.307 e. The Morgan fingerprint density at radius 3 is 2.24 bits per heavy atom. The second-order valence-corrected chi connectivity index (χ2v) is 6.57. The molecule has 0 atom stereocenters. The molecule has 0 saturated carbocycles. The molecule has 0 heterocycles. The summed E-state index contributed by atoms with van der Waals surface area (Å²) in [7, 11) is 6.30. The lowest BCUT2D eigenvalue weighted by Crippen LogP contribution is -1.97. The van der Waals surface area contributed by atoms with Gasteiger partial charge in [0, 0.05) is 5.56 Å². The summed E-state index contributed by atoms with van der Waals surface area (Å²) in [5, 5.41) is 9.39. The van der Waals surface area contributed by atoms with Crippen molar-refractivity contribution in [2.45, 2.75) is 13.3 Å². The molecule has 1 N–H and O–H groups in total. The maximum atomic E-state index is 11.4. The Labute approximate surface area is 170 Å². The van der Waals surface area contributed by atoms with Crippen LogP contribution in [0, 0.1) is 0 Å². The summed E-state index contributed by atoms with van der Waals surface area (Å²) in [4.78, 5) is 11.4. The molecule has 152 valence electrons. The number of carbonyl (C=O) groups is 1. The zero-order valence-corrected chi connectivity index (χ0v) is 17.2. The fourth-order valence-electron chi connectivity index (χ4n) is 3.66. The molecule has 3 rings (SSSR count). The molecule has 29 heavy (non-hydrogen) atoms. The first-order valence-corrected chi connectivity index (χ1v) is 9.06. The number of allylic oxidation sites excluding steroid dienone is 2. The van der Waals surface area contributed by atoms with E-state index in [9.17, 15) is 9.90 Å². The molecule has 0 saturated heterocycles. The Bertz CT molecular complexity index is 1020. The van der Waals surface area contributed by atoms with Crippen molar-refractivity contribution >= 4 is 23.2 Å². The van der Waals surface area contributed by atoms with E-state index in [0.29, 0.717) is 23.0 Å². The van der Waals surface area contributed by atoms with Gasteiger partial charge in [-0.15, -0.1) is 0 Å². The highest BCUT2D eigenvalue weighted by Crippen LogP contribution is 2.47. The third kappa shape index (κ3) is 3.66. The van der Waals surface area contributed by atoms with Crippen LogP contribution in [-0.2, 0) is 4.79 Å². The summed E-state index contributed by atoms with van der Waals surface area (Å²) in [5.41, 5.74) is 5.25. The Hall–Kier alpha value is -3.41. The molecule has 2 aromatic rings. The number of carboxylic acid groups (broad SMARTS) is 1. The molecule has 6 heteroatoms. The summed E-state index contributed by atoms with van der Waals surface area (Å²) >= 11 is 0. The van der Waals surface area contributed by atoms with E-state index >= 15 is 0 Å². The first kappa shape index (κ1) is 20.3. The third-order valence-corrected chi connectivity index (χ3v) is 5.06. The Morgan fingerprint density at radius 2 is 1.66 bits per heavy atom. The van der Waals surface area contributed by atoms with Crippen molar-refractivity contribution in [3.63, 3.8) is 0 Å². The summed E-state index contributed by atoms with van der Waals surface area (Å²) < 4.78 is 21.8. The quantitative estimate of drug-likeness (QED) is 0.742. The van der Waals surface area contributed by atoms with E-state index in [1.54, 1.807) is 28.4 Å². The molecular weight excluding hydrogens is 372 g/mol. The van der Waals surface area contributed by atoms with Gasteiger partial charge >= 0.3 is 5.97 Å². The molecule has 6 nitrogen and oxygen atoms in total. The van der Waals surface area contributed by atoms with Crippen LogP contribution in [0.5, 0.6) is 23.0 Å². The molecule has 0 radical (unpaired) electrons. The number of hydrogen-bond donors (Lipinski definition) is 1. The summed E-state index contributed by atoms with van der Waals surface area (Å²) in [6.45, 7) is 1.93. The van der Waals surface area contributed by atoms with Crippen LogP contribution >= 0.6 is 0 Å². The minimum Gasteiger partial charge on any atom is -0.497 e. The van der Waals surface area contributed by atoms with Crippen LogP contribution in [0.15, 0.2) is 35.9 Å². The SMILES string of the molecule is COc1ccc2c(c1)C(CC(=O)O)=C(C)/C2=C/c1ccc(OC)c(OC)c1OC. The fourth-order valence-corrected chi connectivity index (χ4v) is 3.66. The van der Waals surface area contributed by atoms with E-state index in [-0.39, 0.29) is 6.42 Å². The van der Waals surface area contributed by atoms with E-state index in [1.165, 1.54) is 0 Å². The zero-order chi connectivity index (χ0) is 21.1. The maximum absolute atomic E-state index is 11.4. The van der Waals surface area contributed by atoms with Gasteiger partial charge in [0.1, 0.15) is 5.75 Å². The number of hydrogen-bond acceptors (Lipinski definition) is 5. The van der Waals surface area contributed by atoms with Crippen LogP contribution in [0.1, 0.15) is 30.0 Å². The van der Waals surface area contributed by atoms with Crippen molar-refractivity contribution in [1.29, 1.82) is 0 Å². The number of benzene rings is 2. The molecule has 0 aromatic heterocycles. The van der Waals surface area contributed by atoms with Gasteiger partial charge in [-0.2, -0.15) is 0 Å².